The third-order valence-corrected chi connectivity index (χ3v) is 5.03. The number of benzene rings is 2. The van der Waals surface area contributed by atoms with Crippen LogP contribution in [-0.4, -0.2) is 30.5 Å². The van der Waals surface area contributed by atoms with E-state index in [0.29, 0.717) is 17.1 Å². The Morgan fingerprint density at radius 3 is 2.61 bits per heavy atom. The van der Waals surface area contributed by atoms with E-state index in [-0.39, 0.29) is 0 Å². The molecule has 0 unspecified atom stereocenters. The highest BCUT2D eigenvalue weighted by Crippen LogP contribution is 2.41. The van der Waals surface area contributed by atoms with Gasteiger partial charge in [-0.05, 0) is 55.7 Å². The predicted octanol–water partition coefficient (Wildman–Crippen LogP) is 4.18. The summed E-state index contributed by atoms with van der Waals surface area (Å²) in [4.78, 5) is 0. The Balaban J connectivity index is 1.92. The molecule has 0 radical (unpaired) electrons. The van der Waals surface area contributed by atoms with E-state index in [4.69, 9.17) is 19.8 Å². The fourth-order valence-corrected chi connectivity index (χ4v) is 3.66. The average molecular weight is 374 g/mol. The van der Waals surface area contributed by atoms with Crippen molar-refractivity contribution in [3.63, 3.8) is 0 Å². The summed E-state index contributed by atoms with van der Waals surface area (Å²) in [5.74, 6) is 2.37. The van der Waals surface area contributed by atoms with Gasteiger partial charge in [-0.2, -0.15) is 10.4 Å². The predicted molar refractivity (Wildman–Crippen MR) is 108 cm³/mol. The number of nitrogens with one attached hydrogen (secondary N) is 1. The Bertz CT molecular complexity index is 1030. The van der Waals surface area contributed by atoms with Crippen LogP contribution in [0.1, 0.15) is 24.0 Å². The number of nitriles is 1. The molecule has 0 saturated carbocycles. The molecule has 2 heterocycles. The van der Waals surface area contributed by atoms with Gasteiger partial charge in [-0.25, -0.2) is 4.68 Å². The maximum absolute atomic E-state index is 9.08. The second-order valence-corrected chi connectivity index (χ2v) is 6.67. The molecular weight excluding hydrogens is 352 g/mol. The van der Waals surface area contributed by atoms with Gasteiger partial charge in [0.1, 0.15) is 11.5 Å². The molecule has 28 heavy (non-hydrogen) atoms. The fraction of sp³-hybridized carbons (Fsp3) is 0.273. The Kier molecular flexibility index (Phi) is 4.90. The molecule has 0 saturated heterocycles. The topological polar surface area (TPSA) is 72.1 Å². The largest absolute Gasteiger partial charge is 0.493 e. The molecule has 4 rings (SSSR count). The van der Waals surface area contributed by atoms with Crippen LogP contribution in [-0.2, 0) is 6.42 Å². The van der Waals surface area contributed by atoms with Gasteiger partial charge in [0.05, 0.1) is 31.5 Å². The van der Waals surface area contributed by atoms with Crippen LogP contribution in [0.3, 0.4) is 0 Å². The molecule has 2 aromatic carbocycles. The first-order chi connectivity index (χ1) is 13.8. The lowest BCUT2D eigenvalue weighted by atomic mass is 10.0. The molecule has 0 amide bonds. The molecule has 1 N–H and O–H groups in total. The SMILES string of the molecule is COc1cccc(-c2nn(-c3ccc(C#N)cc3)c3c2CCCCN3)c1OC. The van der Waals surface area contributed by atoms with Crippen molar-refractivity contribution in [1.82, 2.24) is 9.78 Å². The molecule has 142 valence electrons. The van der Waals surface area contributed by atoms with Gasteiger partial charge < -0.3 is 14.8 Å². The third kappa shape index (κ3) is 3.05. The van der Waals surface area contributed by atoms with Crippen molar-refractivity contribution in [3.05, 3.63) is 53.6 Å². The summed E-state index contributed by atoms with van der Waals surface area (Å²) in [7, 11) is 3.29. The highest BCUT2D eigenvalue weighted by Gasteiger charge is 2.24. The molecule has 1 aliphatic rings. The minimum absolute atomic E-state index is 0.629. The number of para-hydroxylation sites is 1. The maximum atomic E-state index is 9.08. The first-order valence-electron chi connectivity index (χ1n) is 9.34. The summed E-state index contributed by atoms with van der Waals surface area (Å²) in [6.07, 6.45) is 3.14. The van der Waals surface area contributed by atoms with Crippen molar-refractivity contribution in [2.75, 3.05) is 26.1 Å². The minimum atomic E-state index is 0.629. The summed E-state index contributed by atoms with van der Waals surface area (Å²) >= 11 is 0. The van der Waals surface area contributed by atoms with Crippen molar-refractivity contribution >= 4 is 5.82 Å². The number of rotatable bonds is 4. The van der Waals surface area contributed by atoms with E-state index in [1.54, 1.807) is 14.2 Å². The Hall–Kier alpha value is -3.46. The maximum Gasteiger partial charge on any atom is 0.170 e. The lowest BCUT2D eigenvalue weighted by Gasteiger charge is -2.12. The van der Waals surface area contributed by atoms with Crippen LogP contribution >= 0.6 is 0 Å². The number of methoxy groups -OCH3 is 2. The van der Waals surface area contributed by atoms with Crippen LogP contribution in [0.4, 0.5) is 5.82 Å². The molecule has 0 aliphatic carbocycles. The van der Waals surface area contributed by atoms with Crippen LogP contribution in [0.5, 0.6) is 11.5 Å². The summed E-state index contributed by atoms with van der Waals surface area (Å²) in [6.45, 7) is 0.906. The Morgan fingerprint density at radius 1 is 1.07 bits per heavy atom. The van der Waals surface area contributed by atoms with Crippen LogP contribution in [0, 0.1) is 11.3 Å². The minimum Gasteiger partial charge on any atom is -0.493 e. The van der Waals surface area contributed by atoms with E-state index in [0.717, 1.165) is 48.6 Å². The van der Waals surface area contributed by atoms with Gasteiger partial charge >= 0.3 is 0 Å². The van der Waals surface area contributed by atoms with Crippen LogP contribution in [0.15, 0.2) is 42.5 Å². The zero-order valence-corrected chi connectivity index (χ0v) is 16.0. The van der Waals surface area contributed by atoms with Crippen LogP contribution in [0.2, 0.25) is 0 Å². The first-order valence-corrected chi connectivity index (χ1v) is 9.34. The molecule has 6 nitrogen and oxygen atoms in total. The Labute approximate surface area is 164 Å². The molecule has 3 aromatic rings. The number of hydrogen-bond acceptors (Lipinski definition) is 5. The van der Waals surface area contributed by atoms with Crippen LogP contribution in [0.25, 0.3) is 16.9 Å². The quantitative estimate of drug-likeness (QED) is 0.742. The van der Waals surface area contributed by atoms with Crippen molar-refractivity contribution < 1.29 is 9.47 Å². The van der Waals surface area contributed by atoms with Gasteiger partial charge in [0.2, 0.25) is 0 Å². The van der Waals surface area contributed by atoms with Crippen LogP contribution < -0.4 is 14.8 Å². The van der Waals surface area contributed by atoms with E-state index in [9.17, 15) is 0 Å². The van der Waals surface area contributed by atoms with Crippen molar-refractivity contribution in [2.45, 2.75) is 19.3 Å². The molecule has 6 heteroatoms. The Morgan fingerprint density at radius 2 is 1.89 bits per heavy atom. The van der Waals surface area contributed by atoms with Gasteiger partial charge in [-0.1, -0.05) is 6.07 Å². The normalized spacial score (nSPS) is 13.0. The smallest absolute Gasteiger partial charge is 0.170 e. The number of anilines is 1. The number of aromatic nitrogens is 2. The van der Waals surface area contributed by atoms with Gasteiger partial charge in [-0.15, -0.1) is 0 Å². The summed E-state index contributed by atoms with van der Waals surface area (Å²) in [6, 6.07) is 15.5. The third-order valence-electron chi connectivity index (χ3n) is 5.03. The lowest BCUT2D eigenvalue weighted by Crippen LogP contribution is -2.07. The zero-order valence-electron chi connectivity index (χ0n) is 16.0. The molecule has 0 fully saturated rings. The van der Waals surface area contributed by atoms with E-state index in [1.807, 2.05) is 47.1 Å². The standard InChI is InChI=1S/C22H22N4O2/c1-27-19-8-5-7-17(21(19)28-2)20-18-6-3-4-13-24-22(18)26(25-20)16-11-9-15(14-23)10-12-16/h5,7-12,24H,3-4,6,13H2,1-2H3. The number of fused-ring (bicyclic) bond motifs is 1. The number of hydrogen-bond donors (Lipinski definition) is 1. The molecule has 0 spiro atoms. The molecular formula is C22H22N4O2. The molecule has 1 aromatic heterocycles. The van der Waals surface area contributed by atoms with E-state index < -0.39 is 0 Å². The fourth-order valence-electron chi connectivity index (χ4n) is 3.66. The highest BCUT2D eigenvalue weighted by molar-refractivity contribution is 5.77. The number of ether oxygens (including phenoxy) is 2. The van der Waals surface area contributed by atoms with E-state index >= 15 is 0 Å². The molecule has 0 atom stereocenters. The lowest BCUT2D eigenvalue weighted by molar-refractivity contribution is 0.356. The molecule has 1 aliphatic heterocycles. The van der Waals surface area contributed by atoms with Crippen molar-refractivity contribution in [3.8, 4) is 34.5 Å². The summed E-state index contributed by atoms with van der Waals surface area (Å²) < 4.78 is 13.1. The monoisotopic (exact) mass is 374 g/mol. The number of nitrogens with zero attached hydrogens (tertiary/aromatic N) is 3. The highest BCUT2D eigenvalue weighted by atomic mass is 16.5. The first kappa shape index (κ1) is 17.9. The van der Waals surface area contributed by atoms with Gasteiger partial charge in [0, 0.05) is 17.7 Å². The zero-order chi connectivity index (χ0) is 19.5. The van der Waals surface area contributed by atoms with Crippen molar-refractivity contribution in [2.24, 2.45) is 0 Å². The molecule has 0 bridgehead atoms. The van der Waals surface area contributed by atoms with E-state index in [1.165, 1.54) is 5.56 Å². The van der Waals surface area contributed by atoms with Gasteiger partial charge in [0.15, 0.2) is 11.5 Å². The summed E-state index contributed by atoms with van der Waals surface area (Å²) in [5, 5.41) is 17.6. The van der Waals surface area contributed by atoms with Gasteiger partial charge in [0.25, 0.3) is 0 Å². The van der Waals surface area contributed by atoms with E-state index in [2.05, 4.69) is 11.4 Å². The second-order valence-electron chi connectivity index (χ2n) is 6.67. The summed E-state index contributed by atoms with van der Waals surface area (Å²) in [5.41, 5.74) is 4.52. The van der Waals surface area contributed by atoms with Gasteiger partial charge in [-0.3, -0.25) is 0 Å². The average Bonchev–Trinajstić information content (AvgIpc) is 2.93. The van der Waals surface area contributed by atoms with Crippen molar-refractivity contribution in [1.29, 1.82) is 5.26 Å². The second kappa shape index (κ2) is 7.65.